The van der Waals surface area contributed by atoms with Gasteiger partial charge < -0.3 is 15.2 Å². The van der Waals surface area contributed by atoms with Gasteiger partial charge in [-0.2, -0.15) is 0 Å². The monoisotopic (exact) mass is 419 g/mol. The normalized spacial score (nSPS) is 29.5. The quantitative estimate of drug-likeness (QED) is 0.589. The van der Waals surface area contributed by atoms with Crippen molar-refractivity contribution in [3.05, 3.63) is 60.2 Å². The van der Waals surface area contributed by atoms with Crippen molar-refractivity contribution in [3.63, 3.8) is 0 Å². The molecule has 4 heteroatoms. The lowest BCUT2D eigenvalue weighted by Gasteiger charge is -2.57. The number of anilines is 1. The zero-order valence-electron chi connectivity index (χ0n) is 18.1. The summed E-state index contributed by atoms with van der Waals surface area (Å²) in [6.07, 6.45) is 8.83. The minimum Gasteiger partial charge on any atom is -0.489 e. The van der Waals surface area contributed by atoms with Gasteiger partial charge in [0.1, 0.15) is 18.5 Å². The van der Waals surface area contributed by atoms with Crippen molar-refractivity contribution in [1.82, 2.24) is 0 Å². The summed E-state index contributed by atoms with van der Waals surface area (Å²) in [5.41, 5.74) is 2.20. The van der Waals surface area contributed by atoms with Gasteiger partial charge in [-0.25, -0.2) is 0 Å². The number of aliphatic hydroxyl groups is 1. The first-order valence-electron chi connectivity index (χ1n) is 11.8. The maximum absolute atomic E-state index is 12.5. The summed E-state index contributed by atoms with van der Waals surface area (Å²) >= 11 is 0. The van der Waals surface area contributed by atoms with Gasteiger partial charge in [0.05, 0.1) is 0 Å². The molecule has 0 saturated heterocycles. The summed E-state index contributed by atoms with van der Waals surface area (Å²) in [6, 6.07) is 17.4. The Morgan fingerprint density at radius 3 is 2.19 bits per heavy atom. The number of carbonyl (C=O) groups is 1. The van der Waals surface area contributed by atoms with Gasteiger partial charge in [-0.15, -0.1) is 0 Å². The van der Waals surface area contributed by atoms with Gasteiger partial charge in [0.15, 0.2) is 0 Å². The molecule has 1 atom stereocenters. The highest BCUT2D eigenvalue weighted by Gasteiger charge is 2.50. The number of ether oxygens (including phenoxy) is 1. The summed E-state index contributed by atoms with van der Waals surface area (Å²) in [6.45, 7) is 0.510. The molecule has 6 rings (SSSR count). The Balaban J connectivity index is 1.10. The zero-order valence-corrected chi connectivity index (χ0v) is 18.1. The van der Waals surface area contributed by atoms with Crippen LogP contribution in [0.2, 0.25) is 0 Å². The molecule has 0 spiro atoms. The molecule has 2 N–H and O–H groups in total. The van der Waals surface area contributed by atoms with Crippen LogP contribution < -0.4 is 10.1 Å². The van der Waals surface area contributed by atoms with E-state index in [2.05, 4.69) is 5.32 Å². The molecule has 2 aromatic carbocycles. The van der Waals surface area contributed by atoms with Crippen molar-refractivity contribution >= 4 is 11.6 Å². The number of nitrogens with one attached hydrogen (secondary N) is 1. The van der Waals surface area contributed by atoms with Gasteiger partial charge in [0, 0.05) is 5.69 Å². The van der Waals surface area contributed by atoms with Crippen LogP contribution in [0.3, 0.4) is 0 Å². The highest BCUT2D eigenvalue weighted by atomic mass is 16.5. The Morgan fingerprint density at radius 2 is 1.58 bits per heavy atom. The molecule has 1 amide bonds. The maximum atomic E-state index is 12.5. The second-order valence-electron chi connectivity index (χ2n) is 10.3. The largest absolute Gasteiger partial charge is 0.489 e. The molecule has 4 aliphatic carbocycles. The van der Waals surface area contributed by atoms with Crippen molar-refractivity contribution < 1.29 is 14.6 Å². The van der Waals surface area contributed by atoms with Crippen LogP contribution in [-0.4, -0.2) is 17.1 Å². The van der Waals surface area contributed by atoms with Gasteiger partial charge in [0.25, 0.3) is 5.91 Å². The number of carbonyl (C=O) groups excluding carboxylic acids is 1. The van der Waals surface area contributed by atoms with Crippen LogP contribution >= 0.6 is 0 Å². The molecule has 4 bridgehead atoms. The fourth-order valence-electron chi connectivity index (χ4n) is 6.77. The summed E-state index contributed by atoms with van der Waals surface area (Å²) in [5, 5.41) is 13.4. The molecule has 0 aliphatic heterocycles. The van der Waals surface area contributed by atoms with E-state index in [4.69, 9.17) is 4.74 Å². The third-order valence-electron chi connectivity index (χ3n) is 7.79. The number of amides is 1. The molecular formula is C27H33NO3. The van der Waals surface area contributed by atoms with E-state index >= 15 is 0 Å². The molecule has 4 nitrogen and oxygen atoms in total. The predicted octanol–water partition coefficient (Wildman–Crippen LogP) is 5.56. The average molecular weight is 420 g/mol. The lowest BCUT2D eigenvalue weighted by Crippen LogP contribution is -2.46. The predicted molar refractivity (Wildman–Crippen MR) is 122 cm³/mol. The Bertz CT molecular complexity index is 857. The molecule has 0 aromatic heterocycles. The van der Waals surface area contributed by atoms with Crippen LogP contribution in [0.25, 0.3) is 0 Å². The Morgan fingerprint density at radius 1 is 0.968 bits per heavy atom. The zero-order chi connectivity index (χ0) is 21.3. The number of hydrogen-bond donors (Lipinski definition) is 2. The first-order valence-corrected chi connectivity index (χ1v) is 11.8. The lowest BCUT2D eigenvalue weighted by atomic mass is 9.48. The molecule has 4 saturated carbocycles. The van der Waals surface area contributed by atoms with Crippen LogP contribution in [0.1, 0.15) is 56.9 Å². The summed E-state index contributed by atoms with van der Waals surface area (Å²) < 4.78 is 5.79. The smallest absolute Gasteiger partial charge is 0.253 e. The van der Waals surface area contributed by atoms with E-state index in [9.17, 15) is 9.90 Å². The number of benzene rings is 2. The van der Waals surface area contributed by atoms with E-state index in [0.29, 0.717) is 24.1 Å². The molecule has 31 heavy (non-hydrogen) atoms. The minimum absolute atomic E-state index is 0.303. The molecular weight excluding hydrogens is 386 g/mol. The van der Waals surface area contributed by atoms with Crippen LogP contribution in [0.5, 0.6) is 5.75 Å². The number of hydrogen-bond acceptors (Lipinski definition) is 3. The Kier molecular flexibility index (Phi) is 5.75. The third-order valence-corrected chi connectivity index (χ3v) is 7.79. The summed E-state index contributed by atoms with van der Waals surface area (Å²) in [5.74, 6) is 3.16. The van der Waals surface area contributed by atoms with Gasteiger partial charge in [-0.05, 0) is 104 Å². The standard InChI is InChI=1S/C27H33NO3/c29-25(10-11-27-15-20-12-21(16-27)14-22(13-20)17-27)26(30)28-23-6-8-24(9-7-23)31-18-19-4-2-1-3-5-19/h1-9,20-22,25,29H,10-18H2,(H,28,30). The second kappa shape index (κ2) is 8.66. The first kappa shape index (κ1) is 20.6. The summed E-state index contributed by atoms with van der Waals surface area (Å²) in [7, 11) is 0. The van der Waals surface area contributed by atoms with Crippen molar-refractivity contribution in [2.24, 2.45) is 23.2 Å². The number of rotatable bonds is 8. The Labute approximate surface area is 185 Å². The summed E-state index contributed by atoms with van der Waals surface area (Å²) in [4.78, 5) is 12.5. The van der Waals surface area contributed by atoms with Crippen LogP contribution in [0.15, 0.2) is 54.6 Å². The van der Waals surface area contributed by atoms with E-state index in [1.54, 1.807) is 0 Å². The molecule has 164 valence electrons. The van der Waals surface area contributed by atoms with Crippen molar-refractivity contribution in [2.75, 3.05) is 5.32 Å². The van der Waals surface area contributed by atoms with Gasteiger partial charge in [-0.1, -0.05) is 30.3 Å². The minimum atomic E-state index is -0.943. The van der Waals surface area contributed by atoms with Crippen molar-refractivity contribution in [2.45, 2.75) is 64.1 Å². The fraction of sp³-hybridized carbons (Fsp3) is 0.519. The number of aliphatic hydroxyl groups excluding tert-OH is 1. The van der Waals surface area contributed by atoms with Crippen molar-refractivity contribution in [3.8, 4) is 5.75 Å². The van der Waals surface area contributed by atoms with E-state index in [-0.39, 0.29) is 5.91 Å². The highest BCUT2D eigenvalue weighted by Crippen LogP contribution is 2.61. The van der Waals surface area contributed by atoms with Gasteiger partial charge in [-0.3, -0.25) is 4.79 Å². The highest BCUT2D eigenvalue weighted by molar-refractivity contribution is 5.93. The lowest BCUT2D eigenvalue weighted by molar-refractivity contribution is -0.125. The van der Waals surface area contributed by atoms with E-state index in [1.165, 1.54) is 38.5 Å². The van der Waals surface area contributed by atoms with E-state index in [0.717, 1.165) is 35.5 Å². The van der Waals surface area contributed by atoms with Gasteiger partial charge >= 0.3 is 0 Å². The molecule has 4 fully saturated rings. The van der Waals surface area contributed by atoms with Gasteiger partial charge in [0.2, 0.25) is 0 Å². The maximum Gasteiger partial charge on any atom is 0.253 e. The fourth-order valence-corrected chi connectivity index (χ4v) is 6.77. The third kappa shape index (κ3) is 4.79. The molecule has 0 heterocycles. The molecule has 4 aliphatic rings. The van der Waals surface area contributed by atoms with Crippen LogP contribution in [0, 0.1) is 23.2 Å². The first-order chi connectivity index (χ1) is 15.1. The average Bonchev–Trinajstić information content (AvgIpc) is 2.77. The van der Waals surface area contributed by atoms with Crippen molar-refractivity contribution in [1.29, 1.82) is 0 Å². The SMILES string of the molecule is O=C(Nc1ccc(OCc2ccccc2)cc1)C(O)CCC12CC3CC(CC(C3)C1)C2. The topological polar surface area (TPSA) is 58.6 Å². The van der Waals surface area contributed by atoms with E-state index in [1.807, 2.05) is 54.6 Å². The van der Waals surface area contributed by atoms with Crippen LogP contribution in [-0.2, 0) is 11.4 Å². The Hall–Kier alpha value is -2.33. The molecule has 1 unspecified atom stereocenters. The molecule has 2 aromatic rings. The van der Waals surface area contributed by atoms with Crippen LogP contribution in [0.4, 0.5) is 5.69 Å². The molecule has 0 radical (unpaired) electrons. The van der Waals surface area contributed by atoms with E-state index < -0.39 is 6.10 Å². The second-order valence-corrected chi connectivity index (χ2v) is 10.3.